The fourth-order valence-corrected chi connectivity index (χ4v) is 2.55. The SMILES string of the molecule is NC(=O)[C@@H]1CN(Cc2ncc(C(F)(F)F)s2)CCO1. The molecule has 2 heterocycles. The van der Waals surface area contributed by atoms with Crippen molar-refractivity contribution in [3.05, 3.63) is 16.1 Å². The minimum atomic E-state index is -4.36. The molecular weight excluding hydrogens is 283 g/mol. The summed E-state index contributed by atoms with van der Waals surface area (Å²) in [5.74, 6) is -0.570. The Morgan fingerprint density at radius 3 is 2.95 bits per heavy atom. The van der Waals surface area contributed by atoms with Crippen LogP contribution in [0.3, 0.4) is 0 Å². The number of alkyl halides is 3. The van der Waals surface area contributed by atoms with Crippen LogP contribution in [0.1, 0.15) is 9.88 Å². The van der Waals surface area contributed by atoms with E-state index in [4.69, 9.17) is 10.5 Å². The van der Waals surface area contributed by atoms with E-state index < -0.39 is 23.1 Å². The molecule has 1 aromatic heterocycles. The molecule has 1 fully saturated rings. The number of halogens is 3. The third kappa shape index (κ3) is 3.64. The number of morpholine rings is 1. The summed E-state index contributed by atoms with van der Waals surface area (Å²) in [6.45, 7) is 1.39. The van der Waals surface area contributed by atoms with Crippen molar-refractivity contribution >= 4 is 17.2 Å². The molecule has 0 unspecified atom stereocenters. The largest absolute Gasteiger partial charge is 0.427 e. The molecule has 0 aromatic carbocycles. The zero-order chi connectivity index (χ0) is 14.0. The number of nitrogens with zero attached hydrogens (tertiary/aromatic N) is 2. The van der Waals surface area contributed by atoms with Crippen LogP contribution in [0.4, 0.5) is 13.2 Å². The number of ether oxygens (including phenoxy) is 1. The lowest BCUT2D eigenvalue weighted by Gasteiger charge is -2.30. The minimum Gasteiger partial charge on any atom is -0.367 e. The molecule has 0 saturated carbocycles. The lowest BCUT2D eigenvalue weighted by atomic mass is 10.2. The lowest BCUT2D eigenvalue weighted by molar-refractivity contribution is -0.135. The van der Waals surface area contributed by atoms with Gasteiger partial charge in [0.2, 0.25) is 5.91 Å². The Kier molecular flexibility index (Phi) is 4.07. The van der Waals surface area contributed by atoms with E-state index in [-0.39, 0.29) is 13.1 Å². The van der Waals surface area contributed by atoms with Gasteiger partial charge in [0, 0.05) is 13.1 Å². The monoisotopic (exact) mass is 295 g/mol. The van der Waals surface area contributed by atoms with Crippen molar-refractivity contribution < 1.29 is 22.7 Å². The molecule has 1 saturated heterocycles. The van der Waals surface area contributed by atoms with Crippen LogP contribution < -0.4 is 5.73 Å². The van der Waals surface area contributed by atoms with Crippen molar-refractivity contribution in [3.8, 4) is 0 Å². The summed E-state index contributed by atoms with van der Waals surface area (Å²) in [7, 11) is 0. The molecular formula is C10H12F3N3O2S. The Morgan fingerprint density at radius 1 is 1.63 bits per heavy atom. The Bertz CT molecular complexity index is 463. The molecule has 106 valence electrons. The van der Waals surface area contributed by atoms with Crippen molar-refractivity contribution in [3.63, 3.8) is 0 Å². The van der Waals surface area contributed by atoms with E-state index in [1.807, 2.05) is 0 Å². The average molecular weight is 295 g/mol. The highest BCUT2D eigenvalue weighted by Crippen LogP contribution is 2.33. The third-order valence-corrected chi connectivity index (χ3v) is 3.69. The van der Waals surface area contributed by atoms with Crippen molar-refractivity contribution in [1.29, 1.82) is 0 Å². The van der Waals surface area contributed by atoms with Crippen LogP contribution in [0.2, 0.25) is 0 Å². The van der Waals surface area contributed by atoms with Gasteiger partial charge < -0.3 is 10.5 Å². The predicted molar refractivity (Wildman–Crippen MR) is 61.3 cm³/mol. The van der Waals surface area contributed by atoms with Crippen LogP contribution in [0, 0.1) is 0 Å². The lowest BCUT2D eigenvalue weighted by Crippen LogP contribution is -2.47. The van der Waals surface area contributed by atoms with E-state index in [1.54, 1.807) is 4.90 Å². The molecule has 1 amide bonds. The van der Waals surface area contributed by atoms with E-state index in [0.717, 1.165) is 6.20 Å². The predicted octanol–water partition coefficient (Wildman–Crippen LogP) is 0.848. The van der Waals surface area contributed by atoms with Crippen LogP contribution in [-0.4, -0.2) is 41.6 Å². The summed E-state index contributed by atoms with van der Waals surface area (Å²) in [6.07, 6.45) is -4.25. The van der Waals surface area contributed by atoms with E-state index >= 15 is 0 Å². The van der Waals surface area contributed by atoms with E-state index in [2.05, 4.69) is 4.98 Å². The van der Waals surface area contributed by atoms with Gasteiger partial charge in [-0.25, -0.2) is 4.98 Å². The molecule has 0 bridgehead atoms. The number of hydrogen-bond acceptors (Lipinski definition) is 5. The van der Waals surface area contributed by atoms with Crippen LogP contribution in [0.25, 0.3) is 0 Å². The van der Waals surface area contributed by atoms with Gasteiger partial charge in [0.25, 0.3) is 0 Å². The Labute approximate surface area is 111 Å². The van der Waals surface area contributed by atoms with Gasteiger partial charge in [0.05, 0.1) is 19.3 Å². The third-order valence-electron chi connectivity index (χ3n) is 2.66. The van der Waals surface area contributed by atoms with Gasteiger partial charge in [-0.15, -0.1) is 11.3 Å². The summed E-state index contributed by atoms with van der Waals surface area (Å²) < 4.78 is 42.4. The fraction of sp³-hybridized carbons (Fsp3) is 0.600. The highest BCUT2D eigenvalue weighted by Gasteiger charge is 2.33. The number of rotatable bonds is 3. The van der Waals surface area contributed by atoms with Gasteiger partial charge in [-0.2, -0.15) is 13.2 Å². The molecule has 2 N–H and O–H groups in total. The molecule has 0 aliphatic carbocycles. The smallest absolute Gasteiger partial charge is 0.367 e. The summed E-state index contributed by atoms with van der Waals surface area (Å²) in [6, 6.07) is 0. The Morgan fingerprint density at radius 2 is 2.37 bits per heavy atom. The maximum Gasteiger partial charge on any atom is 0.427 e. The zero-order valence-electron chi connectivity index (χ0n) is 9.81. The molecule has 9 heteroatoms. The molecule has 0 radical (unpaired) electrons. The first-order valence-corrected chi connectivity index (χ1v) is 6.33. The Hall–Kier alpha value is -1.19. The highest BCUT2D eigenvalue weighted by atomic mass is 32.1. The van der Waals surface area contributed by atoms with Crippen LogP contribution in [0.5, 0.6) is 0 Å². The van der Waals surface area contributed by atoms with Crippen LogP contribution in [0.15, 0.2) is 6.20 Å². The average Bonchev–Trinajstić information content (AvgIpc) is 2.77. The second-order valence-corrected chi connectivity index (χ2v) is 5.23. The summed E-state index contributed by atoms with van der Waals surface area (Å²) in [5.41, 5.74) is 5.13. The van der Waals surface area contributed by atoms with Crippen molar-refractivity contribution in [1.82, 2.24) is 9.88 Å². The van der Waals surface area contributed by atoms with Crippen molar-refractivity contribution in [2.24, 2.45) is 5.73 Å². The molecule has 1 aliphatic heterocycles. The quantitative estimate of drug-likeness (QED) is 0.897. The zero-order valence-corrected chi connectivity index (χ0v) is 10.6. The number of thiazole rings is 1. The molecule has 5 nitrogen and oxygen atoms in total. The molecule has 19 heavy (non-hydrogen) atoms. The number of carbonyl (C=O) groups excluding carboxylic acids is 1. The summed E-state index contributed by atoms with van der Waals surface area (Å²) in [4.78, 5) is 15.8. The van der Waals surface area contributed by atoms with Crippen molar-refractivity contribution in [2.75, 3.05) is 19.7 Å². The number of hydrogen-bond donors (Lipinski definition) is 1. The van der Waals surface area contributed by atoms with Crippen molar-refractivity contribution in [2.45, 2.75) is 18.8 Å². The van der Waals surface area contributed by atoms with E-state index in [9.17, 15) is 18.0 Å². The van der Waals surface area contributed by atoms with Crippen LogP contribution in [-0.2, 0) is 22.3 Å². The molecule has 1 atom stereocenters. The maximum atomic E-state index is 12.4. The molecule has 1 aromatic rings. The van der Waals surface area contributed by atoms with Gasteiger partial charge in [0.1, 0.15) is 16.0 Å². The normalized spacial score (nSPS) is 21.5. The summed E-state index contributed by atoms with van der Waals surface area (Å²) >= 11 is 0.608. The van der Waals surface area contributed by atoms with Gasteiger partial charge in [-0.3, -0.25) is 9.69 Å². The standard InChI is InChI=1S/C10H12F3N3O2S/c11-10(12,13)7-3-15-8(19-7)5-16-1-2-18-6(4-16)9(14)17/h3,6H,1-2,4-5H2,(H2,14,17)/t6-/m0/s1. The highest BCUT2D eigenvalue weighted by molar-refractivity contribution is 7.11. The number of nitrogens with two attached hydrogens (primary N) is 1. The second-order valence-electron chi connectivity index (χ2n) is 4.11. The number of primary amides is 1. The number of amides is 1. The van der Waals surface area contributed by atoms with Crippen LogP contribution >= 0.6 is 11.3 Å². The first kappa shape index (κ1) is 14.2. The van der Waals surface area contributed by atoms with Gasteiger partial charge in [-0.05, 0) is 0 Å². The number of aromatic nitrogens is 1. The second kappa shape index (κ2) is 5.43. The molecule has 0 spiro atoms. The van der Waals surface area contributed by atoms with E-state index in [1.165, 1.54) is 0 Å². The Balaban J connectivity index is 1.97. The van der Waals surface area contributed by atoms with E-state index in [0.29, 0.717) is 29.5 Å². The van der Waals surface area contributed by atoms with Gasteiger partial charge in [-0.1, -0.05) is 0 Å². The first-order valence-electron chi connectivity index (χ1n) is 5.51. The van der Waals surface area contributed by atoms with Gasteiger partial charge in [0.15, 0.2) is 0 Å². The first-order chi connectivity index (χ1) is 8.86. The number of carbonyl (C=O) groups is 1. The fourth-order valence-electron chi connectivity index (χ4n) is 1.72. The maximum absolute atomic E-state index is 12.4. The molecule has 1 aliphatic rings. The summed E-state index contributed by atoms with van der Waals surface area (Å²) in [5, 5.41) is 0.359. The minimum absolute atomic E-state index is 0.258. The topological polar surface area (TPSA) is 68.5 Å². The van der Waals surface area contributed by atoms with Gasteiger partial charge >= 0.3 is 6.18 Å². The molecule has 2 rings (SSSR count).